The molecule has 2 heteroatoms. The van der Waals surface area contributed by atoms with Gasteiger partial charge in [0.2, 0.25) is 0 Å². The smallest absolute Gasteiger partial charge is 0.142 e. The number of rotatable bonds is 5. The van der Waals surface area contributed by atoms with Gasteiger partial charge in [0.15, 0.2) is 0 Å². The van der Waals surface area contributed by atoms with Gasteiger partial charge in [-0.05, 0) is 12.8 Å². The molecule has 0 spiro atoms. The zero-order valence-corrected chi connectivity index (χ0v) is 11.6. The topological polar surface area (TPSA) is 26.0 Å². The molecule has 0 aliphatic carbocycles. The zero-order chi connectivity index (χ0) is 12.4. The van der Waals surface area contributed by atoms with Gasteiger partial charge in [0.1, 0.15) is 5.76 Å². The van der Waals surface area contributed by atoms with E-state index in [1.54, 1.807) is 0 Å². The Labute approximate surface area is 99.4 Å². The van der Waals surface area contributed by atoms with Crippen LogP contribution in [0.5, 0.6) is 0 Å². The van der Waals surface area contributed by atoms with Gasteiger partial charge in [-0.1, -0.05) is 53.1 Å². The molecule has 0 unspecified atom stereocenters. The summed E-state index contributed by atoms with van der Waals surface area (Å²) < 4.78 is 5.50. The Morgan fingerprint density at radius 3 is 2.25 bits per heavy atom. The predicted molar refractivity (Wildman–Crippen MR) is 67.8 cm³/mol. The summed E-state index contributed by atoms with van der Waals surface area (Å²) in [4.78, 5) is 0. The van der Waals surface area contributed by atoms with Crippen molar-refractivity contribution in [3.8, 4) is 0 Å². The third-order valence-electron chi connectivity index (χ3n) is 3.63. The molecular formula is C14H25NO. The third kappa shape index (κ3) is 2.66. The van der Waals surface area contributed by atoms with Gasteiger partial charge >= 0.3 is 0 Å². The summed E-state index contributed by atoms with van der Waals surface area (Å²) in [5.74, 6) is 1.01. The number of nitrogens with zero attached hydrogens (tertiary/aromatic N) is 1. The second-order valence-corrected chi connectivity index (χ2v) is 5.95. The molecule has 16 heavy (non-hydrogen) atoms. The van der Waals surface area contributed by atoms with Gasteiger partial charge in [0.25, 0.3) is 0 Å². The Kier molecular flexibility index (Phi) is 3.82. The van der Waals surface area contributed by atoms with Crippen molar-refractivity contribution in [1.29, 1.82) is 0 Å². The van der Waals surface area contributed by atoms with Crippen LogP contribution in [-0.4, -0.2) is 5.16 Å². The summed E-state index contributed by atoms with van der Waals surface area (Å²) in [5, 5.41) is 4.25. The van der Waals surface area contributed by atoms with E-state index in [9.17, 15) is 0 Å². The highest BCUT2D eigenvalue weighted by molar-refractivity contribution is 5.19. The molecule has 0 radical (unpaired) electrons. The molecule has 0 aliphatic rings. The third-order valence-corrected chi connectivity index (χ3v) is 3.63. The highest BCUT2D eigenvalue weighted by Gasteiger charge is 2.28. The van der Waals surface area contributed by atoms with E-state index >= 15 is 0 Å². The van der Waals surface area contributed by atoms with Gasteiger partial charge in [-0.25, -0.2) is 0 Å². The molecule has 1 aromatic heterocycles. The molecule has 0 aliphatic heterocycles. The van der Waals surface area contributed by atoms with Gasteiger partial charge in [-0.3, -0.25) is 0 Å². The molecule has 0 saturated carbocycles. The summed E-state index contributed by atoms with van der Waals surface area (Å²) in [6, 6.07) is 2.14. The Morgan fingerprint density at radius 1 is 1.12 bits per heavy atom. The van der Waals surface area contributed by atoms with Crippen molar-refractivity contribution in [2.45, 2.75) is 71.6 Å². The van der Waals surface area contributed by atoms with Crippen molar-refractivity contribution in [2.24, 2.45) is 0 Å². The van der Waals surface area contributed by atoms with Crippen LogP contribution in [0.4, 0.5) is 0 Å². The lowest BCUT2D eigenvalue weighted by Gasteiger charge is -2.21. The average Bonchev–Trinajstić information content (AvgIpc) is 2.67. The van der Waals surface area contributed by atoms with Crippen LogP contribution in [0.2, 0.25) is 0 Å². The Hall–Kier alpha value is -0.790. The molecule has 0 fully saturated rings. The summed E-state index contributed by atoms with van der Waals surface area (Å²) in [7, 11) is 0. The molecule has 1 rings (SSSR count). The van der Waals surface area contributed by atoms with Crippen LogP contribution in [-0.2, 0) is 10.8 Å². The van der Waals surface area contributed by atoms with E-state index in [1.807, 2.05) is 0 Å². The fraction of sp³-hybridized carbons (Fsp3) is 0.786. The van der Waals surface area contributed by atoms with Crippen molar-refractivity contribution in [3.05, 3.63) is 17.5 Å². The highest BCUT2D eigenvalue weighted by Crippen LogP contribution is 2.32. The van der Waals surface area contributed by atoms with Crippen molar-refractivity contribution >= 4 is 0 Å². The first-order valence-corrected chi connectivity index (χ1v) is 6.31. The summed E-state index contributed by atoms with van der Waals surface area (Å²) in [6.45, 7) is 13.3. The minimum Gasteiger partial charge on any atom is -0.361 e. The summed E-state index contributed by atoms with van der Waals surface area (Å²) >= 11 is 0. The summed E-state index contributed by atoms with van der Waals surface area (Å²) in [6.07, 6.45) is 3.38. The molecule has 0 aromatic carbocycles. The maximum absolute atomic E-state index is 5.50. The van der Waals surface area contributed by atoms with E-state index in [0.29, 0.717) is 0 Å². The molecular weight excluding hydrogens is 198 g/mol. The van der Waals surface area contributed by atoms with Gasteiger partial charge in [-0.2, -0.15) is 0 Å². The lowest BCUT2D eigenvalue weighted by Crippen LogP contribution is -2.17. The predicted octanol–water partition coefficient (Wildman–Crippen LogP) is 4.44. The maximum atomic E-state index is 5.50. The average molecular weight is 223 g/mol. The molecule has 1 aromatic rings. The van der Waals surface area contributed by atoms with Crippen LogP contribution in [0.15, 0.2) is 10.6 Å². The molecule has 0 N–H and O–H groups in total. The first-order valence-electron chi connectivity index (χ1n) is 6.31. The van der Waals surface area contributed by atoms with Crippen LogP contribution >= 0.6 is 0 Å². The van der Waals surface area contributed by atoms with E-state index in [2.05, 4.69) is 52.8 Å². The van der Waals surface area contributed by atoms with Crippen LogP contribution in [0.1, 0.15) is 72.3 Å². The lowest BCUT2D eigenvalue weighted by atomic mass is 9.82. The molecule has 2 nitrogen and oxygen atoms in total. The van der Waals surface area contributed by atoms with Crippen molar-refractivity contribution in [3.63, 3.8) is 0 Å². The minimum absolute atomic E-state index is 0.0908. The zero-order valence-electron chi connectivity index (χ0n) is 11.6. The molecule has 92 valence electrons. The van der Waals surface area contributed by atoms with Crippen molar-refractivity contribution in [2.75, 3.05) is 0 Å². The first kappa shape index (κ1) is 13.3. The fourth-order valence-corrected chi connectivity index (χ4v) is 1.84. The first-order chi connectivity index (χ1) is 7.33. The normalized spacial score (nSPS) is 13.1. The second kappa shape index (κ2) is 4.60. The van der Waals surface area contributed by atoms with Gasteiger partial charge in [-0.15, -0.1) is 0 Å². The van der Waals surface area contributed by atoms with E-state index in [1.165, 1.54) is 6.42 Å². The standard InChI is InChI=1S/C14H25NO/c1-7-9-14(5,6)11-10-12(16-15-11)13(3,4)8-2/h10H,7-9H2,1-6H3. The second-order valence-electron chi connectivity index (χ2n) is 5.95. The SMILES string of the molecule is CCCC(C)(C)c1cc(C(C)(C)CC)on1. The Balaban J connectivity index is 2.95. The maximum Gasteiger partial charge on any atom is 0.142 e. The monoisotopic (exact) mass is 223 g/mol. The van der Waals surface area contributed by atoms with Crippen molar-refractivity contribution in [1.82, 2.24) is 5.16 Å². The number of aromatic nitrogens is 1. The minimum atomic E-state index is 0.0908. The van der Waals surface area contributed by atoms with Gasteiger partial charge < -0.3 is 4.52 Å². The van der Waals surface area contributed by atoms with Crippen LogP contribution in [0, 0.1) is 0 Å². The van der Waals surface area contributed by atoms with E-state index in [4.69, 9.17) is 4.52 Å². The lowest BCUT2D eigenvalue weighted by molar-refractivity contribution is 0.300. The van der Waals surface area contributed by atoms with Gasteiger partial charge in [0, 0.05) is 16.9 Å². The molecule has 1 heterocycles. The molecule has 0 amide bonds. The Bertz CT molecular complexity index is 336. The van der Waals surface area contributed by atoms with Crippen LogP contribution < -0.4 is 0 Å². The van der Waals surface area contributed by atoms with E-state index in [-0.39, 0.29) is 10.8 Å². The largest absolute Gasteiger partial charge is 0.361 e. The van der Waals surface area contributed by atoms with Crippen LogP contribution in [0.3, 0.4) is 0 Å². The fourth-order valence-electron chi connectivity index (χ4n) is 1.84. The number of hydrogen-bond acceptors (Lipinski definition) is 2. The molecule has 0 atom stereocenters. The summed E-state index contributed by atoms with van der Waals surface area (Å²) in [5.41, 5.74) is 1.30. The van der Waals surface area contributed by atoms with E-state index < -0.39 is 0 Å². The van der Waals surface area contributed by atoms with Crippen molar-refractivity contribution < 1.29 is 4.52 Å². The van der Waals surface area contributed by atoms with E-state index in [0.717, 1.165) is 24.3 Å². The van der Waals surface area contributed by atoms with Gasteiger partial charge in [0.05, 0.1) is 5.69 Å². The van der Waals surface area contributed by atoms with Crippen LogP contribution in [0.25, 0.3) is 0 Å². The molecule has 0 saturated heterocycles. The molecule has 0 bridgehead atoms. The Morgan fingerprint density at radius 2 is 1.75 bits per heavy atom. The number of hydrogen-bond donors (Lipinski definition) is 0. The quantitative estimate of drug-likeness (QED) is 0.737. The highest BCUT2D eigenvalue weighted by atomic mass is 16.5.